The van der Waals surface area contributed by atoms with E-state index in [2.05, 4.69) is 5.32 Å². The first-order chi connectivity index (χ1) is 13.3. The highest BCUT2D eigenvalue weighted by Crippen LogP contribution is 2.26. The lowest BCUT2D eigenvalue weighted by Crippen LogP contribution is -2.52. The third kappa shape index (κ3) is 4.63. The van der Waals surface area contributed by atoms with Gasteiger partial charge in [-0.15, -0.1) is 0 Å². The maximum atomic E-state index is 13.1. The summed E-state index contributed by atoms with van der Waals surface area (Å²) in [5.41, 5.74) is 2.07. The Bertz CT molecular complexity index is 873. The topological polar surface area (TPSA) is 67.9 Å². The second-order valence-corrected chi connectivity index (χ2v) is 7.82. The Hall–Kier alpha value is -3.02. The third-order valence-electron chi connectivity index (χ3n) is 4.52. The number of anilines is 1. The van der Waals surface area contributed by atoms with Crippen LogP contribution in [-0.2, 0) is 22.5 Å². The van der Waals surface area contributed by atoms with Crippen molar-refractivity contribution in [3.8, 4) is 5.75 Å². The van der Waals surface area contributed by atoms with E-state index in [-0.39, 0.29) is 5.91 Å². The van der Waals surface area contributed by atoms with E-state index in [1.54, 1.807) is 31.4 Å². The van der Waals surface area contributed by atoms with E-state index < -0.39 is 17.7 Å². The number of nitrogens with zero attached hydrogens (tertiary/aromatic N) is 1. The largest absolute Gasteiger partial charge is 0.497 e. The number of carbonyl (C=O) groups excluding carboxylic acids is 2. The van der Waals surface area contributed by atoms with E-state index >= 15 is 0 Å². The van der Waals surface area contributed by atoms with Crippen LogP contribution in [0.15, 0.2) is 48.5 Å². The van der Waals surface area contributed by atoms with Crippen molar-refractivity contribution in [2.45, 2.75) is 45.4 Å². The average molecular weight is 382 g/mol. The van der Waals surface area contributed by atoms with Gasteiger partial charge in [0.2, 0.25) is 5.91 Å². The summed E-state index contributed by atoms with van der Waals surface area (Å²) in [6.45, 7) is 5.78. The quantitative estimate of drug-likeness (QED) is 0.871. The maximum Gasteiger partial charge on any atom is 0.411 e. The Kier molecular flexibility index (Phi) is 5.58. The number of benzene rings is 2. The number of ether oxygens (including phenoxy) is 2. The minimum absolute atomic E-state index is 0.256. The summed E-state index contributed by atoms with van der Waals surface area (Å²) in [6, 6.07) is 14.3. The molecule has 28 heavy (non-hydrogen) atoms. The van der Waals surface area contributed by atoms with E-state index in [0.717, 1.165) is 11.1 Å². The molecule has 1 heterocycles. The summed E-state index contributed by atoms with van der Waals surface area (Å²) in [5.74, 6) is 0.393. The summed E-state index contributed by atoms with van der Waals surface area (Å²) in [6.07, 6.45) is -0.0570. The van der Waals surface area contributed by atoms with E-state index in [4.69, 9.17) is 9.47 Å². The van der Waals surface area contributed by atoms with Crippen molar-refractivity contribution >= 4 is 17.7 Å². The first-order valence-electron chi connectivity index (χ1n) is 9.28. The van der Waals surface area contributed by atoms with Gasteiger partial charge in [0.05, 0.1) is 13.7 Å². The van der Waals surface area contributed by atoms with E-state index in [0.29, 0.717) is 24.4 Å². The Balaban J connectivity index is 1.85. The fourth-order valence-corrected chi connectivity index (χ4v) is 3.20. The molecule has 2 aromatic carbocycles. The van der Waals surface area contributed by atoms with Crippen molar-refractivity contribution < 1.29 is 19.1 Å². The standard InChI is InChI=1S/C22H26N2O4/c1-22(2,3)28-21(26)24-14-16-9-6-5-8-15(16)12-19(24)20(25)23-17-10-7-11-18(13-17)27-4/h5-11,13,19H,12,14H2,1-4H3,(H,23,25). The SMILES string of the molecule is COc1cccc(NC(=O)C2Cc3ccccc3CN2C(=O)OC(C)(C)C)c1. The Labute approximate surface area is 165 Å². The first kappa shape index (κ1) is 19.7. The molecule has 0 fully saturated rings. The zero-order chi connectivity index (χ0) is 20.3. The summed E-state index contributed by atoms with van der Waals surface area (Å²) in [4.78, 5) is 27.4. The highest BCUT2D eigenvalue weighted by atomic mass is 16.6. The van der Waals surface area contributed by atoms with Crippen LogP contribution in [-0.4, -0.2) is 35.7 Å². The highest BCUT2D eigenvalue weighted by Gasteiger charge is 2.37. The van der Waals surface area contributed by atoms with Gasteiger partial charge >= 0.3 is 6.09 Å². The van der Waals surface area contributed by atoms with Gasteiger partial charge in [-0.1, -0.05) is 30.3 Å². The van der Waals surface area contributed by atoms with Crippen molar-refractivity contribution in [3.05, 3.63) is 59.7 Å². The van der Waals surface area contributed by atoms with Crippen LogP contribution < -0.4 is 10.1 Å². The van der Waals surface area contributed by atoms with Crippen molar-refractivity contribution in [1.29, 1.82) is 0 Å². The Morgan fingerprint density at radius 1 is 1.07 bits per heavy atom. The van der Waals surface area contributed by atoms with Crippen LogP contribution in [0.25, 0.3) is 0 Å². The van der Waals surface area contributed by atoms with E-state index in [9.17, 15) is 9.59 Å². The number of methoxy groups -OCH3 is 1. The molecule has 1 N–H and O–H groups in total. The van der Waals surface area contributed by atoms with Crippen LogP contribution in [0.5, 0.6) is 5.75 Å². The fourth-order valence-electron chi connectivity index (χ4n) is 3.20. The minimum atomic E-state index is -0.657. The van der Waals surface area contributed by atoms with Crippen LogP contribution in [0.1, 0.15) is 31.9 Å². The van der Waals surface area contributed by atoms with Gasteiger partial charge in [-0.2, -0.15) is 0 Å². The molecule has 0 radical (unpaired) electrons. The number of amides is 2. The van der Waals surface area contributed by atoms with Crippen LogP contribution in [0.2, 0.25) is 0 Å². The smallest absolute Gasteiger partial charge is 0.411 e. The van der Waals surface area contributed by atoms with E-state index in [1.807, 2.05) is 45.0 Å². The first-order valence-corrected chi connectivity index (χ1v) is 9.28. The second-order valence-electron chi connectivity index (χ2n) is 7.82. The molecule has 1 atom stereocenters. The molecular formula is C22H26N2O4. The average Bonchev–Trinajstić information content (AvgIpc) is 2.65. The number of hydrogen-bond acceptors (Lipinski definition) is 4. The lowest BCUT2D eigenvalue weighted by molar-refractivity contribution is -0.121. The summed E-state index contributed by atoms with van der Waals surface area (Å²) < 4.78 is 10.8. The van der Waals surface area contributed by atoms with E-state index in [1.165, 1.54) is 4.90 Å². The molecule has 148 valence electrons. The molecule has 0 saturated carbocycles. The molecule has 2 amide bonds. The molecule has 0 aliphatic carbocycles. The van der Waals surface area contributed by atoms with Gasteiger partial charge < -0.3 is 14.8 Å². The zero-order valence-electron chi connectivity index (χ0n) is 16.7. The van der Waals surface area contributed by atoms with Crippen LogP contribution in [0.4, 0.5) is 10.5 Å². The third-order valence-corrected chi connectivity index (χ3v) is 4.52. The molecule has 0 saturated heterocycles. The molecular weight excluding hydrogens is 356 g/mol. The number of carbonyl (C=O) groups is 2. The summed E-state index contributed by atoms with van der Waals surface area (Å²) in [5, 5.41) is 2.90. The van der Waals surface area contributed by atoms with Gasteiger partial charge in [0, 0.05) is 18.2 Å². The lowest BCUT2D eigenvalue weighted by atomic mass is 9.93. The maximum absolute atomic E-state index is 13.1. The van der Waals surface area contributed by atoms with Crippen LogP contribution in [0.3, 0.4) is 0 Å². The van der Waals surface area contributed by atoms with Gasteiger partial charge in [0.1, 0.15) is 17.4 Å². The summed E-state index contributed by atoms with van der Waals surface area (Å²) >= 11 is 0. The van der Waals surface area contributed by atoms with Crippen molar-refractivity contribution in [3.63, 3.8) is 0 Å². The second kappa shape index (κ2) is 7.92. The molecule has 0 aromatic heterocycles. The van der Waals surface area contributed by atoms with Crippen LogP contribution >= 0.6 is 0 Å². The molecule has 2 aromatic rings. The molecule has 6 heteroatoms. The molecule has 0 bridgehead atoms. The van der Waals surface area contributed by atoms with Gasteiger partial charge in [-0.05, 0) is 44.0 Å². The monoisotopic (exact) mass is 382 g/mol. The predicted molar refractivity (Wildman–Crippen MR) is 107 cm³/mol. The number of hydrogen-bond donors (Lipinski definition) is 1. The molecule has 1 aliphatic heterocycles. The fraction of sp³-hybridized carbons (Fsp3) is 0.364. The van der Waals surface area contributed by atoms with Crippen molar-refractivity contribution in [1.82, 2.24) is 4.90 Å². The predicted octanol–water partition coefficient (Wildman–Crippen LogP) is 4.00. The molecule has 1 unspecified atom stereocenters. The van der Waals surface area contributed by atoms with Gasteiger partial charge in [0.25, 0.3) is 0 Å². The number of rotatable bonds is 3. The molecule has 1 aliphatic rings. The Morgan fingerprint density at radius 2 is 1.79 bits per heavy atom. The lowest BCUT2D eigenvalue weighted by Gasteiger charge is -2.36. The van der Waals surface area contributed by atoms with Crippen LogP contribution in [0, 0.1) is 0 Å². The highest BCUT2D eigenvalue weighted by molar-refractivity contribution is 5.97. The van der Waals surface area contributed by atoms with Crippen molar-refractivity contribution in [2.24, 2.45) is 0 Å². The molecule has 6 nitrogen and oxygen atoms in total. The molecule has 3 rings (SSSR count). The number of fused-ring (bicyclic) bond motifs is 1. The van der Waals surface area contributed by atoms with Crippen molar-refractivity contribution in [2.75, 3.05) is 12.4 Å². The minimum Gasteiger partial charge on any atom is -0.497 e. The Morgan fingerprint density at radius 3 is 2.46 bits per heavy atom. The normalized spacial score (nSPS) is 16.1. The van der Waals surface area contributed by atoms with Gasteiger partial charge in [0.15, 0.2) is 0 Å². The summed E-state index contributed by atoms with van der Waals surface area (Å²) in [7, 11) is 1.57. The number of nitrogens with one attached hydrogen (secondary N) is 1. The van der Waals surface area contributed by atoms with Gasteiger partial charge in [-0.25, -0.2) is 4.79 Å². The van der Waals surface area contributed by atoms with Gasteiger partial charge in [-0.3, -0.25) is 9.69 Å². The zero-order valence-corrected chi connectivity index (χ0v) is 16.7. The molecule has 0 spiro atoms.